The largest absolute Gasteiger partial charge is 0.444 e. The normalized spacial score (nSPS) is 13.2. The van der Waals surface area contributed by atoms with Crippen molar-refractivity contribution in [1.82, 2.24) is 10.3 Å². The van der Waals surface area contributed by atoms with Crippen molar-refractivity contribution in [2.24, 2.45) is 0 Å². The number of nitrogens with zero attached hydrogens (tertiary/aromatic N) is 1. The van der Waals surface area contributed by atoms with Crippen molar-refractivity contribution < 1.29 is 9.53 Å². The van der Waals surface area contributed by atoms with E-state index < -0.39 is 5.60 Å². The lowest BCUT2D eigenvalue weighted by Crippen LogP contribution is -2.38. The van der Waals surface area contributed by atoms with Gasteiger partial charge in [-0.2, -0.15) is 0 Å². The van der Waals surface area contributed by atoms with Crippen molar-refractivity contribution in [3.63, 3.8) is 0 Å². The van der Waals surface area contributed by atoms with E-state index in [1.54, 1.807) is 11.3 Å². The molecule has 1 unspecified atom stereocenters. The number of nitrogens with one attached hydrogen (secondary N) is 1. The summed E-state index contributed by atoms with van der Waals surface area (Å²) in [4.78, 5) is 16.2. The summed E-state index contributed by atoms with van der Waals surface area (Å²) in [5.74, 6) is 0. The highest BCUT2D eigenvalue weighted by atomic mass is 32.1. The molecule has 108 valence electrons. The number of amides is 1. The zero-order valence-corrected chi connectivity index (χ0v) is 13.1. The Hall–Kier alpha value is -1.62. The van der Waals surface area contributed by atoms with Crippen LogP contribution in [0.25, 0.3) is 10.2 Å². The quantitative estimate of drug-likeness (QED) is 0.937. The van der Waals surface area contributed by atoms with Crippen LogP contribution in [0.15, 0.2) is 24.3 Å². The first-order chi connectivity index (χ1) is 9.33. The van der Waals surface area contributed by atoms with Gasteiger partial charge in [-0.25, -0.2) is 9.78 Å². The molecule has 20 heavy (non-hydrogen) atoms. The van der Waals surface area contributed by atoms with Gasteiger partial charge in [-0.15, -0.1) is 11.3 Å². The van der Waals surface area contributed by atoms with E-state index in [-0.39, 0.29) is 12.1 Å². The fourth-order valence-electron chi connectivity index (χ4n) is 1.83. The van der Waals surface area contributed by atoms with Crippen LogP contribution in [-0.2, 0) is 11.2 Å². The van der Waals surface area contributed by atoms with Crippen LogP contribution in [0.1, 0.15) is 32.7 Å². The molecule has 0 bridgehead atoms. The third kappa shape index (κ3) is 4.20. The number of aromatic nitrogens is 1. The molecule has 1 aromatic heterocycles. The second-order valence-corrected chi connectivity index (χ2v) is 6.94. The Morgan fingerprint density at radius 2 is 2.10 bits per heavy atom. The average Bonchev–Trinajstić information content (AvgIpc) is 2.67. The summed E-state index contributed by atoms with van der Waals surface area (Å²) < 4.78 is 6.41. The Morgan fingerprint density at radius 3 is 2.75 bits per heavy atom. The molecule has 1 N–H and O–H groups in total. The molecule has 0 aliphatic heterocycles. The summed E-state index contributed by atoms with van der Waals surface area (Å²) in [6.07, 6.45) is 0.324. The van der Waals surface area contributed by atoms with Crippen LogP contribution in [0.3, 0.4) is 0 Å². The minimum Gasteiger partial charge on any atom is -0.444 e. The van der Waals surface area contributed by atoms with Gasteiger partial charge in [-0.05, 0) is 39.8 Å². The first-order valence-corrected chi connectivity index (χ1v) is 7.49. The number of hydrogen-bond donors (Lipinski definition) is 1. The van der Waals surface area contributed by atoms with Crippen LogP contribution in [0.4, 0.5) is 4.79 Å². The highest BCUT2D eigenvalue weighted by Crippen LogP contribution is 2.22. The standard InChI is InChI=1S/C15H20N2O2S/c1-10(16-14(18)19-15(2,3)4)9-13-17-11-7-5-6-8-12(11)20-13/h5-8,10H,9H2,1-4H3,(H,16,18). The molecule has 0 radical (unpaired) electrons. The minimum atomic E-state index is -0.473. The Morgan fingerprint density at radius 1 is 1.40 bits per heavy atom. The topological polar surface area (TPSA) is 51.2 Å². The van der Waals surface area contributed by atoms with Crippen LogP contribution in [0.5, 0.6) is 0 Å². The van der Waals surface area contributed by atoms with E-state index in [0.29, 0.717) is 6.42 Å². The van der Waals surface area contributed by atoms with Crippen LogP contribution < -0.4 is 5.32 Å². The van der Waals surface area contributed by atoms with Gasteiger partial charge in [-0.1, -0.05) is 12.1 Å². The van der Waals surface area contributed by atoms with Crippen LogP contribution >= 0.6 is 11.3 Å². The maximum Gasteiger partial charge on any atom is 0.407 e. The lowest BCUT2D eigenvalue weighted by atomic mass is 10.2. The molecule has 0 fully saturated rings. The molecular formula is C15H20N2O2S. The van der Waals surface area contributed by atoms with Gasteiger partial charge < -0.3 is 10.1 Å². The van der Waals surface area contributed by atoms with Crippen molar-refractivity contribution in [3.8, 4) is 0 Å². The number of carbonyl (C=O) groups excluding carboxylic acids is 1. The second-order valence-electron chi connectivity index (χ2n) is 5.83. The Kier molecular flexibility index (Phi) is 4.28. The smallest absolute Gasteiger partial charge is 0.407 e. The van der Waals surface area contributed by atoms with Gasteiger partial charge in [0, 0.05) is 12.5 Å². The number of fused-ring (bicyclic) bond motifs is 1. The third-order valence-corrected chi connectivity index (χ3v) is 3.64. The number of para-hydroxylation sites is 1. The molecule has 1 aromatic carbocycles. The van der Waals surface area contributed by atoms with Crippen molar-refractivity contribution >= 4 is 27.6 Å². The van der Waals surface area contributed by atoms with Gasteiger partial charge in [0.2, 0.25) is 0 Å². The highest BCUT2D eigenvalue weighted by Gasteiger charge is 2.18. The fourth-order valence-corrected chi connectivity index (χ4v) is 2.92. The molecule has 0 aliphatic rings. The van der Waals surface area contributed by atoms with Crippen LogP contribution in [0, 0.1) is 0 Å². The van der Waals surface area contributed by atoms with Crippen LogP contribution in [-0.4, -0.2) is 22.7 Å². The average molecular weight is 292 g/mol. The number of benzene rings is 1. The predicted molar refractivity (Wildman–Crippen MR) is 82.2 cm³/mol. The van der Waals surface area contributed by atoms with Crippen LogP contribution in [0.2, 0.25) is 0 Å². The van der Waals surface area contributed by atoms with Gasteiger partial charge in [0.15, 0.2) is 0 Å². The second kappa shape index (κ2) is 5.79. The molecule has 1 amide bonds. The van der Waals surface area contributed by atoms with Gasteiger partial charge in [0.1, 0.15) is 5.60 Å². The number of thiazole rings is 1. The number of alkyl carbamates (subject to hydrolysis) is 1. The number of hydrogen-bond acceptors (Lipinski definition) is 4. The first kappa shape index (κ1) is 14.8. The number of rotatable bonds is 3. The summed E-state index contributed by atoms with van der Waals surface area (Å²) >= 11 is 1.66. The Bertz CT molecular complexity index is 568. The molecule has 5 heteroatoms. The molecule has 2 rings (SSSR count). The minimum absolute atomic E-state index is 0.00888. The molecular weight excluding hydrogens is 272 g/mol. The predicted octanol–water partition coefficient (Wildman–Crippen LogP) is 3.75. The van der Waals surface area contributed by atoms with E-state index >= 15 is 0 Å². The van der Waals surface area contributed by atoms with E-state index in [2.05, 4.69) is 16.4 Å². The molecule has 0 spiro atoms. The molecule has 1 atom stereocenters. The third-order valence-electron chi connectivity index (χ3n) is 2.58. The van der Waals surface area contributed by atoms with E-state index in [4.69, 9.17) is 4.74 Å². The van der Waals surface area contributed by atoms with Crippen molar-refractivity contribution in [2.45, 2.75) is 45.8 Å². The summed E-state index contributed by atoms with van der Waals surface area (Å²) in [6.45, 7) is 7.51. The number of carbonyl (C=O) groups is 1. The highest BCUT2D eigenvalue weighted by molar-refractivity contribution is 7.18. The van der Waals surface area contributed by atoms with Crippen molar-refractivity contribution in [1.29, 1.82) is 0 Å². The van der Waals surface area contributed by atoms with E-state index in [1.807, 2.05) is 45.9 Å². The summed E-state index contributed by atoms with van der Waals surface area (Å²) in [7, 11) is 0. The lowest BCUT2D eigenvalue weighted by molar-refractivity contribution is 0.0508. The summed E-state index contributed by atoms with van der Waals surface area (Å²) in [5.41, 5.74) is 0.539. The van der Waals surface area contributed by atoms with E-state index in [9.17, 15) is 4.79 Å². The molecule has 0 saturated carbocycles. The first-order valence-electron chi connectivity index (χ1n) is 6.67. The molecule has 1 heterocycles. The monoisotopic (exact) mass is 292 g/mol. The zero-order chi connectivity index (χ0) is 14.8. The van der Waals surface area contributed by atoms with Gasteiger partial charge in [0.05, 0.1) is 15.2 Å². The Balaban J connectivity index is 1.94. The lowest BCUT2D eigenvalue weighted by Gasteiger charge is -2.21. The van der Waals surface area contributed by atoms with Gasteiger partial charge >= 0.3 is 6.09 Å². The van der Waals surface area contributed by atoms with E-state index in [1.165, 1.54) is 4.70 Å². The summed E-state index contributed by atoms with van der Waals surface area (Å²) in [6, 6.07) is 8.04. The zero-order valence-electron chi connectivity index (χ0n) is 12.3. The summed E-state index contributed by atoms with van der Waals surface area (Å²) in [5, 5.41) is 3.86. The molecule has 0 aliphatic carbocycles. The SMILES string of the molecule is CC(Cc1nc2ccccc2s1)NC(=O)OC(C)(C)C. The molecule has 4 nitrogen and oxygen atoms in total. The molecule has 2 aromatic rings. The molecule has 0 saturated heterocycles. The van der Waals surface area contributed by atoms with Gasteiger partial charge in [-0.3, -0.25) is 0 Å². The maximum atomic E-state index is 11.7. The van der Waals surface area contributed by atoms with Gasteiger partial charge in [0.25, 0.3) is 0 Å². The van der Waals surface area contributed by atoms with Crippen molar-refractivity contribution in [3.05, 3.63) is 29.3 Å². The van der Waals surface area contributed by atoms with Crippen molar-refractivity contribution in [2.75, 3.05) is 0 Å². The fraction of sp³-hybridized carbons (Fsp3) is 0.467. The van der Waals surface area contributed by atoms with E-state index in [0.717, 1.165) is 10.5 Å². The maximum absolute atomic E-state index is 11.7. The Labute approximate surface area is 123 Å². The number of ether oxygens (including phenoxy) is 1.